The van der Waals surface area contributed by atoms with Gasteiger partial charge in [-0.25, -0.2) is 9.79 Å². The Morgan fingerprint density at radius 2 is 1.48 bits per heavy atom. The van der Waals surface area contributed by atoms with Crippen LogP contribution in [-0.2, 0) is 17.8 Å². The van der Waals surface area contributed by atoms with Crippen molar-refractivity contribution in [1.82, 2.24) is 19.6 Å². The van der Waals surface area contributed by atoms with Crippen molar-refractivity contribution in [3.8, 4) is 0 Å². The lowest BCUT2D eigenvalue weighted by Gasteiger charge is -2.36. The number of ether oxygens (including phenoxy) is 1. The summed E-state index contributed by atoms with van der Waals surface area (Å²) in [4.78, 5) is 25.4. The quantitative estimate of drug-likeness (QED) is 0.580. The van der Waals surface area contributed by atoms with E-state index in [9.17, 15) is 4.79 Å². The van der Waals surface area contributed by atoms with Gasteiger partial charge in [-0.2, -0.15) is 0 Å². The zero-order valence-corrected chi connectivity index (χ0v) is 19.5. The molecule has 2 fully saturated rings. The lowest BCUT2D eigenvalue weighted by atomic mass is 10.1. The zero-order chi connectivity index (χ0) is 22.4. The van der Waals surface area contributed by atoms with Crippen LogP contribution in [0.2, 0.25) is 0 Å². The van der Waals surface area contributed by atoms with Crippen LogP contribution in [0.3, 0.4) is 0 Å². The molecular weight excluding hydrogens is 392 g/mol. The molecule has 172 valence electrons. The van der Waals surface area contributed by atoms with Crippen LogP contribution < -0.4 is 5.73 Å². The maximum absolute atomic E-state index is 12.2. The van der Waals surface area contributed by atoms with Crippen LogP contribution in [-0.4, -0.2) is 96.7 Å². The molecule has 0 unspecified atom stereocenters. The molecule has 8 nitrogen and oxygen atoms in total. The Hall–Kier alpha value is -2.32. The fraction of sp³-hybridized carbons (Fsp3) is 0.652. The van der Waals surface area contributed by atoms with Gasteiger partial charge in [0.05, 0.1) is 6.54 Å². The van der Waals surface area contributed by atoms with Gasteiger partial charge in [0, 0.05) is 58.9 Å². The van der Waals surface area contributed by atoms with Crippen molar-refractivity contribution in [1.29, 1.82) is 0 Å². The van der Waals surface area contributed by atoms with Crippen LogP contribution in [0.1, 0.15) is 31.9 Å². The van der Waals surface area contributed by atoms with E-state index in [0.717, 1.165) is 38.3 Å². The fourth-order valence-electron chi connectivity index (χ4n) is 3.73. The zero-order valence-electron chi connectivity index (χ0n) is 19.5. The number of carbonyl (C=O) groups excluding carboxylic acids is 1. The second-order valence-electron chi connectivity index (χ2n) is 9.52. The third-order valence-corrected chi connectivity index (χ3v) is 5.70. The SMILES string of the molecule is CN1CCN(Cc2ccc(CN=C(N)N3CCN(C(=O)OC(C)(C)C)CC3)cc2)CC1. The number of guanidine groups is 1. The van der Waals surface area contributed by atoms with Crippen LogP contribution in [0.5, 0.6) is 0 Å². The highest BCUT2D eigenvalue weighted by molar-refractivity contribution is 5.78. The number of benzene rings is 1. The smallest absolute Gasteiger partial charge is 0.410 e. The van der Waals surface area contributed by atoms with E-state index in [1.807, 2.05) is 25.7 Å². The van der Waals surface area contributed by atoms with E-state index >= 15 is 0 Å². The topological polar surface area (TPSA) is 77.6 Å². The molecule has 2 N–H and O–H groups in total. The predicted molar refractivity (Wildman–Crippen MR) is 124 cm³/mol. The van der Waals surface area contributed by atoms with Gasteiger partial charge >= 0.3 is 6.09 Å². The minimum Gasteiger partial charge on any atom is -0.444 e. The molecule has 0 spiro atoms. The number of likely N-dealkylation sites (N-methyl/N-ethyl adjacent to an activating group) is 1. The van der Waals surface area contributed by atoms with Crippen LogP contribution in [0, 0.1) is 0 Å². The van der Waals surface area contributed by atoms with Crippen molar-refractivity contribution in [2.75, 3.05) is 59.4 Å². The molecule has 1 aromatic rings. The van der Waals surface area contributed by atoms with Crippen LogP contribution in [0.25, 0.3) is 0 Å². The largest absolute Gasteiger partial charge is 0.444 e. The van der Waals surface area contributed by atoms with Gasteiger partial charge in [-0.15, -0.1) is 0 Å². The second kappa shape index (κ2) is 10.3. The molecule has 2 saturated heterocycles. The summed E-state index contributed by atoms with van der Waals surface area (Å²) in [6.45, 7) is 14.2. The molecule has 0 radical (unpaired) electrons. The normalized spacial score (nSPS) is 19.5. The molecule has 1 aromatic carbocycles. The standard InChI is InChI=1S/C23H38N6O2/c1-23(2,3)31-22(30)29-15-13-28(14-16-29)21(24)25-17-19-5-7-20(8-6-19)18-27-11-9-26(4)10-12-27/h5-8H,9-18H2,1-4H3,(H2,24,25). The van der Waals surface area contributed by atoms with Gasteiger partial charge in [0.2, 0.25) is 0 Å². The molecule has 8 heteroatoms. The first-order chi connectivity index (χ1) is 14.7. The van der Waals surface area contributed by atoms with Gasteiger partial charge in [0.1, 0.15) is 5.60 Å². The summed E-state index contributed by atoms with van der Waals surface area (Å²) >= 11 is 0. The Kier molecular flexibility index (Phi) is 7.78. The number of hydrogen-bond acceptors (Lipinski definition) is 5. The number of hydrogen-bond donors (Lipinski definition) is 1. The number of nitrogens with zero attached hydrogens (tertiary/aromatic N) is 5. The third-order valence-electron chi connectivity index (χ3n) is 5.70. The summed E-state index contributed by atoms with van der Waals surface area (Å²) in [5.74, 6) is 0.533. The van der Waals surface area contributed by atoms with Gasteiger partial charge in [-0.1, -0.05) is 24.3 Å². The Balaban J connectivity index is 1.43. The maximum Gasteiger partial charge on any atom is 0.410 e. The van der Waals surface area contributed by atoms with E-state index in [4.69, 9.17) is 10.5 Å². The van der Waals surface area contributed by atoms with E-state index in [0.29, 0.717) is 38.7 Å². The molecule has 2 aliphatic heterocycles. The highest BCUT2D eigenvalue weighted by atomic mass is 16.6. The molecule has 31 heavy (non-hydrogen) atoms. The van der Waals surface area contributed by atoms with E-state index < -0.39 is 5.60 Å². The first kappa shape index (κ1) is 23.3. The summed E-state index contributed by atoms with van der Waals surface area (Å²) in [6.07, 6.45) is -0.265. The van der Waals surface area contributed by atoms with E-state index in [1.165, 1.54) is 5.56 Å². The highest BCUT2D eigenvalue weighted by Crippen LogP contribution is 2.13. The number of amides is 1. The number of aliphatic imine (C=N–C) groups is 1. The molecule has 0 bridgehead atoms. The van der Waals surface area contributed by atoms with Gasteiger partial charge in [-0.3, -0.25) is 4.90 Å². The lowest BCUT2D eigenvalue weighted by Crippen LogP contribution is -2.53. The molecule has 0 atom stereocenters. The lowest BCUT2D eigenvalue weighted by molar-refractivity contribution is 0.0186. The van der Waals surface area contributed by atoms with E-state index in [1.54, 1.807) is 4.90 Å². The highest BCUT2D eigenvalue weighted by Gasteiger charge is 2.26. The van der Waals surface area contributed by atoms with Gasteiger partial charge in [-0.05, 0) is 38.9 Å². The van der Waals surface area contributed by atoms with Gasteiger partial charge in [0.15, 0.2) is 5.96 Å². The number of nitrogens with two attached hydrogens (primary N) is 1. The fourth-order valence-corrected chi connectivity index (χ4v) is 3.73. The molecule has 3 rings (SSSR count). The molecule has 0 saturated carbocycles. The minimum atomic E-state index is -0.477. The number of piperazine rings is 2. The van der Waals surface area contributed by atoms with Crippen molar-refractivity contribution >= 4 is 12.1 Å². The molecule has 0 aliphatic carbocycles. The van der Waals surface area contributed by atoms with Gasteiger partial charge in [0.25, 0.3) is 0 Å². The van der Waals surface area contributed by atoms with Crippen LogP contribution >= 0.6 is 0 Å². The van der Waals surface area contributed by atoms with Crippen LogP contribution in [0.15, 0.2) is 29.3 Å². The summed E-state index contributed by atoms with van der Waals surface area (Å²) in [5.41, 5.74) is 8.22. The first-order valence-corrected chi connectivity index (χ1v) is 11.2. The second-order valence-corrected chi connectivity index (χ2v) is 9.52. The van der Waals surface area contributed by atoms with E-state index in [2.05, 4.69) is 46.1 Å². The average Bonchev–Trinajstić information content (AvgIpc) is 2.73. The Bertz CT molecular complexity index is 742. The van der Waals surface area contributed by atoms with Gasteiger partial charge < -0.3 is 25.2 Å². The minimum absolute atomic E-state index is 0.265. The maximum atomic E-state index is 12.2. The van der Waals surface area contributed by atoms with Crippen molar-refractivity contribution in [3.05, 3.63) is 35.4 Å². The molecule has 1 amide bonds. The Labute approximate surface area is 186 Å². The number of carbonyl (C=O) groups is 1. The van der Waals surface area contributed by atoms with Crippen LogP contribution in [0.4, 0.5) is 4.79 Å². The first-order valence-electron chi connectivity index (χ1n) is 11.2. The van der Waals surface area contributed by atoms with Crippen molar-refractivity contribution in [2.24, 2.45) is 10.7 Å². The molecule has 2 aliphatic rings. The Morgan fingerprint density at radius 1 is 0.935 bits per heavy atom. The molecule has 0 aromatic heterocycles. The monoisotopic (exact) mass is 430 g/mol. The summed E-state index contributed by atoms with van der Waals surface area (Å²) < 4.78 is 5.44. The average molecular weight is 431 g/mol. The number of rotatable bonds is 4. The summed E-state index contributed by atoms with van der Waals surface area (Å²) in [5, 5.41) is 0. The van der Waals surface area contributed by atoms with Crippen molar-refractivity contribution < 1.29 is 9.53 Å². The van der Waals surface area contributed by atoms with Crippen molar-refractivity contribution in [3.63, 3.8) is 0 Å². The summed E-state index contributed by atoms with van der Waals surface area (Å²) in [7, 11) is 2.18. The molecular formula is C23H38N6O2. The summed E-state index contributed by atoms with van der Waals surface area (Å²) in [6, 6.07) is 8.67. The predicted octanol–water partition coefficient (Wildman–Crippen LogP) is 1.80. The van der Waals surface area contributed by atoms with E-state index in [-0.39, 0.29) is 6.09 Å². The Morgan fingerprint density at radius 3 is 2.06 bits per heavy atom. The molecule has 2 heterocycles. The third kappa shape index (κ3) is 7.40. The van der Waals surface area contributed by atoms with Crippen molar-refractivity contribution in [2.45, 2.75) is 39.5 Å².